The second-order valence-corrected chi connectivity index (χ2v) is 8.52. The van der Waals surface area contributed by atoms with Crippen LogP contribution in [0.4, 0.5) is 11.4 Å². The first-order valence-electron chi connectivity index (χ1n) is 9.95. The number of hydrogen-bond donors (Lipinski definition) is 0. The van der Waals surface area contributed by atoms with Crippen molar-refractivity contribution in [2.24, 2.45) is 0 Å². The molecule has 0 unspecified atom stereocenters. The third-order valence-corrected chi connectivity index (χ3v) is 5.95. The number of carbonyl (C=O) groups excluding carboxylic acids is 1. The largest absolute Gasteiger partial charge is 0.490 e. The number of ether oxygens (including phenoxy) is 2. The Labute approximate surface area is 199 Å². The van der Waals surface area contributed by atoms with Gasteiger partial charge in [0.2, 0.25) is 0 Å². The van der Waals surface area contributed by atoms with Gasteiger partial charge in [-0.15, -0.1) is 0 Å². The second-order valence-electron chi connectivity index (χ2n) is 6.84. The number of carbonyl (C=O) groups is 1. The van der Waals surface area contributed by atoms with Crippen LogP contribution in [0.15, 0.2) is 83.8 Å². The molecule has 1 fully saturated rings. The summed E-state index contributed by atoms with van der Waals surface area (Å²) in [5.41, 5.74) is 0.974. The third kappa shape index (κ3) is 5.39. The summed E-state index contributed by atoms with van der Waals surface area (Å²) in [6.07, 6.45) is 1.57. The number of non-ortho nitro benzene ring substituents is 1. The summed E-state index contributed by atoms with van der Waals surface area (Å²) in [4.78, 5) is 25.6. The Bertz CT molecular complexity index is 1220. The highest BCUT2D eigenvalue weighted by atomic mass is 32.2. The van der Waals surface area contributed by atoms with E-state index < -0.39 is 4.92 Å². The van der Waals surface area contributed by atoms with Crippen molar-refractivity contribution >= 4 is 51.7 Å². The fraction of sp³-hybridized carbons (Fsp3) is 0.0833. The molecule has 3 aromatic carbocycles. The van der Waals surface area contributed by atoms with Crippen LogP contribution in [-0.2, 0) is 4.79 Å². The molecule has 4 rings (SSSR count). The van der Waals surface area contributed by atoms with E-state index in [0.29, 0.717) is 26.2 Å². The van der Waals surface area contributed by atoms with Gasteiger partial charge in [-0.2, -0.15) is 0 Å². The summed E-state index contributed by atoms with van der Waals surface area (Å²) in [5, 5.41) is 11.3. The van der Waals surface area contributed by atoms with Crippen LogP contribution >= 0.6 is 24.0 Å². The lowest BCUT2D eigenvalue weighted by Crippen LogP contribution is -2.27. The van der Waals surface area contributed by atoms with Gasteiger partial charge < -0.3 is 9.47 Å². The number of rotatable bonds is 8. The smallest absolute Gasteiger partial charge is 0.270 e. The Morgan fingerprint density at radius 2 is 1.64 bits per heavy atom. The Morgan fingerprint density at radius 3 is 2.33 bits per heavy atom. The quantitative estimate of drug-likeness (QED) is 0.140. The van der Waals surface area contributed by atoms with Crippen LogP contribution in [0.25, 0.3) is 6.08 Å². The normalized spacial score (nSPS) is 14.5. The van der Waals surface area contributed by atoms with Gasteiger partial charge in [-0.1, -0.05) is 60.4 Å². The lowest BCUT2D eigenvalue weighted by molar-refractivity contribution is -0.384. The van der Waals surface area contributed by atoms with Crippen LogP contribution in [-0.4, -0.2) is 28.4 Å². The van der Waals surface area contributed by atoms with Crippen molar-refractivity contribution in [3.63, 3.8) is 0 Å². The maximum absolute atomic E-state index is 13.0. The average molecular weight is 479 g/mol. The van der Waals surface area contributed by atoms with E-state index in [9.17, 15) is 14.9 Å². The number of hydrogen-bond acceptors (Lipinski definition) is 7. The first kappa shape index (κ1) is 22.5. The van der Waals surface area contributed by atoms with Crippen molar-refractivity contribution in [3.8, 4) is 11.5 Å². The van der Waals surface area contributed by atoms with Crippen LogP contribution in [0, 0.1) is 10.1 Å². The van der Waals surface area contributed by atoms with Gasteiger partial charge >= 0.3 is 0 Å². The predicted octanol–water partition coefficient (Wildman–Crippen LogP) is 5.46. The van der Waals surface area contributed by atoms with Crippen LogP contribution in [0.2, 0.25) is 0 Å². The fourth-order valence-electron chi connectivity index (χ4n) is 3.13. The monoisotopic (exact) mass is 478 g/mol. The minimum Gasteiger partial charge on any atom is -0.490 e. The highest BCUT2D eigenvalue weighted by molar-refractivity contribution is 8.27. The first-order chi connectivity index (χ1) is 16.0. The molecule has 33 heavy (non-hydrogen) atoms. The standard InChI is InChI=1S/C24H18N2O5S2/c27-23-22(33-24(32)25(23)18-7-3-1-4-8-18)16-17-15-19(26(28)29)11-12-21(17)31-14-13-30-20-9-5-2-6-10-20/h1-12,15-16H,13-14H2/b22-16+. The van der Waals surface area contributed by atoms with Crippen LogP contribution in [0.5, 0.6) is 11.5 Å². The highest BCUT2D eigenvalue weighted by Gasteiger charge is 2.33. The van der Waals surface area contributed by atoms with E-state index in [1.807, 2.05) is 48.5 Å². The average Bonchev–Trinajstić information content (AvgIpc) is 3.11. The molecule has 1 aliphatic heterocycles. The molecule has 0 bridgehead atoms. The van der Waals surface area contributed by atoms with Gasteiger partial charge in [0.1, 0.15) is 24.7 Å². The molecule has 0 radical (unpaired) electrons. The summed E-state index contributed by atoms with van der Waals surface area (Å²) in [5.74, 6) is 0.831. The molecule has 1 amide bonds. The van der Waals surface area contributed by atoms with Gasteiger partial charge in [-0.3, -0.25) is 19.8 Å². The number of para-hydroxylation sites is 2. The van der Waals surface area contributed by atoms with Crippen molar-refractivity contribution < 1.29 is 19.2 Å². The van der Waals surface area contributed by atoms with Gasteiger partial charge in [-0.25, -0.2) is 0 Å². The molecular weight excluding hydrogens is 460 g/mol. The number of thioether (sulfide) groups is 1. The van der Waals surface area contributed by atoms with E-state index in [1.165, 1.54) is 23.1 Å². The molecule has 1 aliphatic rings. The molecule has 0 saturated carbocycles. The van der Waals surface area contributed by atoms with E-state index in [2.05, 4.69) is 0 Å². The first-order valence-corrected chi connectivity index (χ1v) is 11.2. The number of amides is 1. The highest BCUT2D eigenvalue weighted by Crippen LogP contribution is 2.37. The maximum Gasteiger partial charge on any atom is 0.270 e. The SMILES string of the molecule is O=C1/C(=C\c2cc([N+](=O)[O-])ccc2OCCOc2ccccc2)SC(=S)N1c1ccccc1. The van der Waals surface area contributed by atoms with Crippen LogP contribution in [0.1, 0.15) is 5.56 Å². The topological polar surface area (TPSA) is 81.9 Å². The van der Waals surface area contributed by atoms with Crippen molar-refractivity contribution in [1.82, 2.24) is 0 Å². The third-order valence-electron chi connectivity index (χ3n) is 4.65. The minimum atomic E-state index is -0.491. The molecule has 166 valence electrons. The number of nitro groups is 1. The van der Waals surface area contributed by atoms with Crippen molar-refractivity contribution in [2.75, 3.05) is 18.1 Å². The second kappa shape index (κ2) is 10.3. The summed E-state index contributed by atoms with van der Waals surface area (Å²) in [6, 6.07) is 22.7. The number of benzene rings is 3. The lowest BCUT2D eigenvalue weighted by Gasteiger charge is -2.14. The van der Waals surface area contributed by atoms with E-state index in [0.717, 1.165) is 17.5 Å². The van der Waals surface area contributed by atoms with E-state index in [1.54, 1.807) is 18.2 Å². The Morgan fingerprint density at radius 1 is 0.970 bits per heavy atom. The Hall–Kier alpha value is -3.69. The molecule has 0 spiro atoms. The fourth-order valence-corrected chi connectivity index (χ4v) is 4.42. The van der Waals surface area contributed by atoms with Crippen LogP contribution in [0.3, 0.4) is 0 Å². The molecule has 1 heterocycles. The zero-order chi connectivity index (χ0) is 23.2. The van der Waals surface area contributed by atoms with Gasteiger partial charge in [-0.05, 0) is 36.4 Å². The van der Waals surface area contributed by atoms with Crippen molar-refractivity contribution in [1.29, 1.82) is 0 Å². The zero-order valence-electron chi connectivity index (χ0n) is 17.2. The molecule has 0 aliphatic carbocycles. The van der Waals surface area contributed by atoms with Gasteiger partial charge in [0.25, 0.3) is 11.6 Å². The molecule has 7 nitrogen and oxygen atoms in total. The summed E-state index contributed by atoms with van der Waals surface area (Å²) in [7, 11) is 0. The van der Waals surface area contributed by atoms with Crippen LogP contribution < -0.4 is 14.4 Å². The van der Waals surface area contributed by atoms with E-state index >= 15 is 0 Å². The molecule has 0 aromatic heterocycles. The maximum atomic E-state index is 13.0. The predicted molar refractivity (Wildman–Crippen MR) is 133 cm³/mol. The van der Waals surface area contributed by atoms with E-state index in [-0.39, 0.29) is 24.8 Å². The summed E-state index contributed by atoms with van der Waals surface area (Å²) in [6.45, 7) is 0.509. The van der Waals surface area contributed by atoms with Crippen molar-refractivity contribution in [2.45, 2.75) is 0 Å². The molecule has 9 heteroatoms. The molecular formula is C24H18N2O5S2. The molecule has 1 saturated heterocycles. The number of nitrogens with zero attached hydrogens (tertiary/aromatic N) is 2. The Kier molecular flexibility index (Phi) is 7.01. The van der Waals surface area contributed by atoms with Gasteiger partial charge in [0.15, 0.2) is 4.32 Å². The number of anilines is 1. The Balaban J connectivity index is 1.54. The zero-order valence-corrected chi connectivity index (χ0v) is 18.9. The van der Waals surface area contributed by atoms with Gasteiger partial charge in [0.05, 0.1) is 15.5 Å². The summed E-state index contributed by atoms with van der Waals surface area (Å²) >= 11 is 6.54. The molecule has 3 aromatic rings. The molecule has 0 N–H and O–H groups in total. The summed E-state index contributed by atoms with van der Waals surface area (Å²) < 4.78 is 11.8. The molecule has 0 atom stereocenters. The number of nitro benzene ring substituents is 1. The number of thiocarbonyl (C=S) groups is 1. The minimum absolute atomic E-state index is 0.104. The van der Waals surface area contributed by atoms with E-state index in [4.69, 9.17) is 21.7 Å². The van der Waals surface area contributed by atoms with Crippen molar-refractivity contribution in [3.05, 3.63) is 99.4 Å². The van der Waals surface area contributed by atoms with Gasteiger partial charge in [0, 0.05) is 17.7 Å². The lowest BCUT2D eigenvalue weighted by atomic mass is 10.1.